The molecule has 0 saturated carbocycles. The van der Waals surface area contributed by atoms with Crippen molar-refractivity contribution in [3.05, 3.63) is 0 Å². The van der Waals surface area contributed by atoms with Crippen LogP contribution in [0.25, 0.3) is 0 Å². The predicted molar refractivity (Wildman–Crippen MR) is 77.3 cm³/mol. The number of carbonyl (C=O) groups is 1. The molecule has 1 fully saturated rings. The van der Waals surface area contributed by atoms with E-state index in [1.165, 1.54) is 12.1 Å². The highest BCUT2D eigenvalue weighted by Gasteiger charge is 2.46. The second kappa shape index (κ2) is 5.24. The average Bonchev–Trinajstić information content (AvgIpc) is 2.40. The topological polar surface area (TPSA) is 40.5 Å². The van der Waals surface area contributed by atoms with Gasteiger partial charge in [-0.1, -0.05) is 33.1 Å². The highest BCUT2D eigenvalue weighted by atomic mass is 28.4. The van der Waals surface area contributed by atoms with Crippen molar-refractivity contribution in [1.29, 1.82) is 0 Å². The van der Waals surface area contributed by atoms with Crippen LogP contribution in [-0.4, -0.2) is 38.3 Å². The SMILES string of the molecule is CCC(CCN1[Si](C)(C)CC[Si]1(C)C)C(=O)O. The molecule has 0 radical (unpaired) electrons. The molecule has 0 aromatic carbocycles. The van der Waals surface area contributed by atoms with E-state index in [9.17, 15) is 4.79 Å². The maximum absolute atomic E-state index is 11.1. The van der Waals surface area contributed by atoms with Gasteiger partial charge in [-0.3, -0.25) is 4.79 Å². The van der Waals surface area contributed by atoms with Crippen LogP contribution in [-0.2, 0) is 4.79 Å². The van der Waals surface area contributed by atoms with Crippen LogP contribution in [0.2, 0.25) is 38.3 Å². The molecule has 0 aromatic heterocycles. The predicted octanol–water partition coefficient (Wildman–Crippen LogP) is 3.21. The van der Waals surface area contributed by atoms with Crippen molar-refractivity contribution < 1.29 is 9.90 Å². The molecule has 1 heterocycles. The molecule has 0 aromatic rings. The van der Waals surface area contributed by atoms with Gasteiger partial charge in [0, 0.05) is 0 Å². The van der Waals surface area contributed by atoms with Crippen molar-refractivity contribution in [2.45, 2.75) is 58.0 Å². The highest BCUT2D eigenvalue weighted by Crippen LogP contribution is 2.37. The van der Waals surface area contributed by atoms with Gasteiger partial charge in [-0.05, 0) is 31.5 Å². The zero-order valence-corrected chi connectivity index (χ0v) is 13.9. The van der Waals surface area contributed by atoms with Gasteiger partial charge in [-0.2, -0.15) is 0 Å². The van der Waals surface area contributed by atoms with Gasteiger partial charge >= 0.3 is 5.97 Å². The van der Waals surface area contributed by atoms with Crippen LogP contribution in [0.3, 0.4) is 0 Å². The number of carboxylic acids is 1. The first-order valence-electron chi connectivity index (χ1n) is 6.71. The normalized spacial score (nSPS) is 24.8. The van der Waals surface area contributed by atoms with Crippen LogP contribution < -0.4 is 0 Å². The number of hydrogen-bond donors (Lipinski definition) is 1. The maximum atomic E-state index is 11.1. The molecule has 0 bridgehead atoms. The zero-order valence-electron chi connectivity index (χ0n) is 11.9. The lowest BCUT2D eigenvalue weighted by atomic mass is 10.0. The molecule has 1 aliphatic heterocycles. The van der Waals surface area contributed by atoms with Crippen molar-refractivity contribution >= 4 is 22.4 Å². The molecule has 1 rings (SSSR count). The number of carboxylic acid groups (broad SMARTS) is 1. The van der Waals surface area contributed by atoms with E-state index in [-0.39, 0.29) is 5.92 Å². The minimum absolute atomic E-state index is 0.148. The van der Waals surface area contributed by atoms with E-state index in [0.717, 1.165) is 19.4 Å². The lowest BCUT2D eigenvalue weighted by Gasteiger charge is -2.39. The summed E-state index contributed by atoms with van der Waals surface area (Å²) >= 11 is 0. The Balaban J connectivity index is 2.63. The van der Waals surface area contributed by atoms with Gasteiger partial charge in [-0.25, -0.2) is 0 Å². The van der Waals surface area contributed by atoms with E-state index in [2.05, 4.69) is 30.4 Å². The lowest BCUT2D eigenvalue weighted by Crippen LogP contribution is -2.55. The molecule has 1 saturated heterocycles. The molecule has 0 aliphatic carbocycles. The molecule has 1 unspecified atom stereocenters. The van der Waals surface area contributed by atoms with Crippen LogP contribution in [0.4, 0.5) is 0 Å². The minimum Gasteiger partial charge on any atom is -0.481 e. The molecule has 17 heavy (non-hydrogen) atoms. The summed E-state index contributed by atoms with van der Waals surface area (Å²) < 4.78 is 2.77. The van der Waals surface area contributed by atoms with Crippen molar-refractivity contribution in [1.82, 2.24) is 4.23 Å². The Morgan fingerprint density at radius 1 is 1.24 bits per heavy atom. The molecule has 100 valence electrons. The summed E-state index contributed by atoms with van der Waals surface area (Å²) in [5.74, 6) is -0.768. The lowest BCUT2D eigenvalue weighted by molar-refractivity contribution is -0.142. The smallest absolute Gasteiger partial charge is 0.306 e. The van der Waals surface area contributed by atoms with Crippen LogP contribution in [0.5, 0.6) is 0 Å². The van der Waals surface area contributed by atoms with Gasteiger partial charge in [0.15, 0.2) is 0 Å². The minimum atomic E-state index is -1.22. The number of hydrogen-bond acceptors (Lipinski definition) is 2. The zero-order chi connectivity index (χ0) is 13.3. The van der Waals surface area contributed by atoms with Crippen molar-refractivity contribution in [2.75, 3.05) is 6.54 Å². The number of nitrogens with zero attached hydrogens (tertiary/aromatic N) is 1. The summed E-state index contributed by atoms with van der Waals surface area (Å²) in [6.45, 7) is 12.8. The third-order valence-corrected chi connectivity index (χ3v) is 14.8. The molecular weight excluding hydrogens is 246 g/mol. The van der Waals surface area contributed by atoms with Crippen LogP contribution in [0, 0.1) is 5.92 Å². The van der Waals surface area contributed by atoms with Gasteiger partial charge in [0.25, 0.3) is 0 Å². The third-order valence-electron chi connectivity index (χ3n) is 4.35. The Morgan fingerprint density at radius 3 is 2.06 bits per heavy atom. The summed E-state index contributed by atoms with van der Waals surface area (Å²) in [6, 6.07) is 2.80. The summed E-state index contributed by atoms with van der Waals surface area (Å²) in [7, 11) is -2.43. The summed E-state index contributed by atoms with van der Waals surface area (Å²) in [6.07, 6.45) is 1.59. The summed E-state index contributed by atoms with van der Waals surface area (Å²) in [5.41, 5.74) is 0. The second-order valence-electron chi connectivity index (χ2n) is 6.51. The van der Waals surface area contributed by atoms with Crippen LogP contribution in [0.1, 0.15) is 19.8 Å². The first kappa shape index (κ1) is 14.9. The van der Waals surface area contributed by atoms with E-state index in [1.54, 1.807) is 0 Å². The monoisotopic (exact) mass is 273 g/mol. The Kier molecular flexibility index (Phi) is 4.60. The molecule has 1 aliphatic rings. The Hall–Kier alpha value is -0.136. The second-order valence-corrected chi connectivity index (χ2v) is 16.3. The first-order chi connectivity index (χ1) is 7.70. The highest BCUT2D eigenvalue weighted by molar-refractivity contribution is 6.95. The first-order valence-corrected chi connectivity index (χ1v) is 13.0. The molecule has 5 heteroatoms. The van der Waals surface area contributed by atoms with E-state index < -0.39 is 22.4 Å². The van der Waals surface area contributed by atoms with E-state index >= 15 is 0 Å². The van der Waals surface area contributed by atoms with Crippen LogP contribution >= 0.6 is 0 Å². The third kappa shape index (κ3) is 3.42. The molecule has 3 nitrogen and oxygen atoms in total. The fourth-order valence-electron chi connectivity index (χ4n) is 3.09. The molecule has 1 N–H and O–H groups in total. The Bertz CT molecular complexity index is 276. The van der Waals surface area contributed by atoms with E-state index in [1.807, 2.05) is 6.92 Å². The summed E-state index contributed by atoms with van der Waals surface area (Å²) in [5, 5.41) is 9.11. The number of aliphatic carboxylic acids is 1. The molecule has 0 spiro atoms. The van der Waals surface area contributed by atoms with E-state index in [0.29, 0.717) is 0 Å². The Labute approximate surface area is 107 Å². The van der Waals surface area contributed by atoms with Crippen LogP contribution in [0.15, 0.2) is 0 Å². The van der Waals surface area contributed by atoms with E-state index in [4.69, 9.17) is 5.11 Å². The van der Waals surface area contributed by atoms with Crippen molar-refractivity contribution in [3.63, 3.8) is 0 Å². The van der Waals surface area contributed by atoms with Crippen molar-refractivity contribution in [2.24, 2.45) is 5.92 Å². The fourth-order valence-corrected chi connectivity index (χ4v) is 17.2. The van der Waals surface area contributed by atoms with Gasteiger partial charge in [0.05, 0.1) is 5.92 Å². The molecule has 0 amide bonds. The number of rotatable bonds is 5. The Morgan fingerprint density at radius 2 is 1.71 bits per heavy atom. The maximum Gasteiger partial charge on any atom is 0.306 e. The fraction of sp³-hybridized carbons (Fsp3) is 0.917. The van der Waals surface area contributed by atoms with Gasteiger partial charge in [-0.15, -0.1) is 0 Å². The van der Waals surface area contributed by atoms with Gasteiger partial charge in [0.2, 0.25) is 0 Å². The quantitative estimate of drug-likeness (QED) is 0.782. The molecular formula is C12H27NO2Si2. The largest absolute Gasteiger partial charge is 0.481 e. The average molecular weight is 274 g/mol. The van der Waals surface area contributed by atoms with Gasteiger partial charge in [0.1, 0.15) is 16.5 Å². The standard InChI is InChI=1S/C12H27NO2Si2/c1-6-11(12(14)15)7-8-13-16(2,3)9-10-17(13,4)5/h11H,6-10H2,1-5H3,(H,14,15). The van der Waals surface area contributed by atoms with Crippen molar-refractivity contribution in [3.8, 4) is 0 Å². The van der Waals surface area contributed by atoms with Gasteiger partial charge < -0.3 is 9.34 Å². The summed E-state index contributed by atoms with van der Waals surface area (Å²) in [4.78, 5) is 11.1. The molecule has 1 atom stereocenters.